The van der Waals surface area contributed by atoms with Crippen LogP contribution in [0.15, 0.2) is 35.3 Å². The number of hydrogen-bond acceptors (Lipinski definition) is 4. The van der Waals surface area contributed by atoms with Gasteiger partial charge in [-0.1, -0.05) is 30.3 Å². The van der Waals surface area contributed by atoms with Crippen molar-refractivity contribution < 1.29 is 4.74 Å². The molecule has 170 valence electrons. The molecule has 3 rings (SSSR count). The fourth-order valence-electron chi connectivity index (χ4n) is 4.40. The average Bonchev–Trinajstić information content (AvgIpc) is 2.74. The quantitative estimate of drug-likeness (QED) is 0.323. The van der Waals surface area contributed by atoms with E-state index < -0.39 is 0 Å². The highest BCUT2D eigenvalue weighted by Gasteiger charge is 2.34. The van der Waals surface area contributed by atoms with Crippen molar-refractivity contribution >= 4 is 29.9 Å². The molecule has 0 saturated carbocycles. The minimum atomic E-state index is 0. The minimum absolute atomic E-state index is 0. The summed E-state index contributed by atoms with van der Waals surface area (Å²) in [6.45, 7) is 8.73. The van der Waals surface area contributed by atoms with E-state index in [2.05, 4.69) is 71.8 Å². The Hall–Kier alpha value is -0.900. The lowest BCUT2D eigenvalue weighted by atomic mass is 9.89. The third-order valence-electron chi connectivity index (χ3n) is 6.34. The van der Waals surface area contributed by atoms with Gasteiger partial charge >= 0.3 is 0 Å². The van der Waals surface area contributed by atoms with E-state index in [0.717, 1.165) is 58.2 Å². The summed E-state index contributed by atoms with van der Waals surface area (Å²) in [5, 5.41) is 7.18. The molecule has 2 aliphatic rings. The molecule has 1 aromatic carbocycles. The number of piperidine rings is 1. The lowest BCUT2D eigenvalue weighted by molar-refractivity contribution is -0.00256. The summed E-state index contributed by atoms with van der Waals surface area (Å²) in [5.74, 6) is 0.951. The van der Waals surface area contributed by atoms with Crippen LogP contribution in [-0.4, -0.2) is 80.8 Å². The number of hydrogen-bond donors (Lipinski definition) is 2. The number of rotatable bonds is 7. The zero-order chi connectivity index (χ0) is 20.5. The second-order valence-corrected chi connectivity index (χ2v) is 8.63. The SMILES string of the molecule is CCNC(=NCC1(N(C)C)CCOCC1)NC1CCCN(Cc2ccccc2)C1.I. The number of likely N-dealkylation sites (tertiary alicyclic amines) is 1. The van der Waals surface area contributed by atoms with Crippen molar-refractivity contribution in [2.45, 2.75) is 50.7 Å². The van der Waals surface area contributed by atoms with Crippen LogP contribution < -0.4 is 10.6 Å². The first-order valence-electron chi connectivity index (χ1n) is 11.2. The van der Waals surface area contributed by atoms with Crippen molar-refractivity contribution in [2.75, 3.05) is 53.5 Å². The Bertz CT molecular complexity index is 634. The predicted octanol–water partition coefficient (Wildman–Crippen LogP) is 2.93. The second-order valence-electron chi connectivity index (χ2n) is 8.63. The van der Waals surface area contributed by atoms with E-state index in [1.807, 2.05) is 0 Å². The largest absolute Gasteiger partial charge is 0.381 e. The van der Waals surface area contributed by atoms with Crippen LogP contribution in [-0.2, 0) is 11.3 Å². The molecule has 2 heterocycles. The standard InChI is InChI=1S/C23H39N5O.HI/c1-4-24-22(25-19-23(27(2)3)12-15-29-16-13-23)26-21-11-8-14-28(18-21)17-20-9-6-5-7-10-20;/h5-7,9-10,21H,4,8,11-19H2,1-3H3,(H2,24,25,26);1H. The van der Waals surface area contributed by atoms with Crippen molar-refractivity contribution in [3.8, 4) is 0 Å². The molecule has 0 radical (unpaired) electrons. The van der Waals surface area contributed by atoms with Crippen LogP contribution in [0.25, 0.3) is 0 Å². The van der Waals surface area contributed by atoms with Crippen LogP contribution in [0.1, 0.15) is 38.2 Å². The highest BCUT2D eigenvalue weighted by atomic mass is 127. The highest BCUT2D eigenvalue weighted by molar-refractivity contribution is 14.0. The van der Waals surface area contributed by atoms with E-state index in [9.17, 15) is 0 Å². The number of guanidine groups is 1. The number of benzene rings is 1. The molecule has 0 amide bonds. The Morgan fingerprint density at radius 3 is 2.63 bits per heavy atom. The smallest absolute Gasteiger partial charge is 0.191 e. The van der Waals surface area contributed by atoms with Gasteiger partial charge in [-0.2, -0.15) is 0 Å². The highest BCUT2D eigenvalue weighted by Crippen LogP contribution is 2.26. The Balaban J connectivity index is 0.00000320. The molecule has 2 aliphatic heterocycles. The molecule has 0 aliphatic carbocycles. The van der Waals surface area contributed by atoms with E-state index in [0.29, 0.717) is 6.04 Å². The third kappa shape index (κ3) is 7.35. The molecular weight excluding hydrogens is 489 g/mol. The number of nitrogens with one attached hydrogen (secondary N) is 2. The first-order chi connectivity index (χ1) is 14.1. The summed E-state index contributed by atoms with van der Waals surface area (Å²) < 4.78 is 5.60. The van der Waals surface area contributed by atoms with E-state index in [-0.39, 0.29) is 29.5 Å². The maximum Gasteiger partial charge on any atom is 0.191 e. The zero-order valence-corrected chi connectivity index (χ0v) is 21.2. The molecule has 0 spiro atoms. The lowest BCUT2D eigenvalue weighted by Gasteiger charge is -2.42. The Kier molecular flexibility index (Phi) is 10.8. The fraction of sp³-hybridized carbons (Fsp3) is 0.696. The van der Waals surface area contributed by atoms with Gasteiger partial charge in [-0.3, -0.25) is 9.89 Å². The van der Waals surface area contributed by atoms with Crippen molar-refractivity contribution in [1.29, 1.82) is 0 Å². The van der Waals surface area contributed by atoms with E-state index in [1.165, 1.54) is 24.9 Å². The topological polar surface area (TPSA) is 52.1 Å². The summed E-state index contributed by atoms with van der Waals surface area (Å²) in [6, 6.07) is 11.2. The lowest BCUT2D eigenvalue weighted by Crippen LogP contribution is -2.53. The maximum absolute atomic E-state index is 5.60. The molecule has 1 unspecified atom stereocenters. The molecule has 2 N–H and O–H groups in total. The molecule has 7 heteroatoms. The van der Waals surface area contributed by atoms with Gasteiger partial charge in [0.15, 0.2) is 5.96 Å². The van der Waals surface area contributed by atoms with Crippen molar-refractivity contribution in [3.05, 3.63) is 35.9 Å². The molecule has 0 aromatic heterocycles. The first-order valence-corrected chi connectivity index (χ1v) is 11.2. The van der Waals surface area contributed by atoms with Gasteiger partial charge in [-0.15, -0.1) is 24.0 Å². The van der Waals surface area contributed by atoms with Gasteiger partial charge in [0, 0.05) is 44.4 Å². The molecule has 1 aromatic rings. The maximum atomic E-state index is 5.60. The van der Waals surface area contributed by atoms with E-state index in [1.54, 1.807) is 0 Å². The van der Waals surface area contributed by atoms with Gasteiger partial charge in [-0.05, 0) is 58.8 Å². The third-order valence-corrected chi connectivity index (χ3v) is 6.34. The summed E-state index contributed by atoms with van der Waals surface area (Å²) in [5.41, 5.74) is 1.49. The molecular formula is C23H40IN5O. The van der Waals surface area contributed by atoms with Crippen molar-refractivity contribution in [3.63, 3.8) is 0 Å². The Morgan fingerprint density at radius 2 is 1.97 bits per heavy atom. The monoisotopic (exact) mass is 529 g/mol. The van der Waals surface area contributed by atoms with Gasteiger partial charge in [-0.25, -0.2) is 0 Å². The number of aliphatic imine (C=N–C) groups is 1. The van der Waals surface area contributed by atoms with Gasteiger partial charge < -0.3 is 20.3 Å². The van der Waals surface area contributed by atoms with Crippen molar-refractivity contribution in [2.24, 2.45) is 4.99 Å². The van der Waals surface area contributed by atoms with Crippen molar-refractivity contribution in [1.82, 2.24) is 20.4 Å². The van der Waals surface area contributed by atoms with Gasteiger partial charge in [0.1, 0.15) is 0 Å². The zero-order valence-electron chi connectivity index (χ0n) is 18.9. The number of likely N-dealkylation sites (N-methyl/N-ethyl adjacent to an activating group) is 1. The van der Waals surface area contributed by atoms with Crippen LogP contribution in [0.5, 0.6) is 0 Å². The number of ether oxygens (including phenoxy) is 1. The number of nitrogens with zero attached hydrogens (tertiary/aromatic N) is 3. The second kappa shape index (κ2) is 12.8. The van der Waals surface area contributed by atoms with Gasteiger partial charge in [0.25, 0.3) is 0 Å². The van der Waals surface area contributed by atoms with Gasteiger partial charge in [0.05, 0.1) is 6.54 Å². The average molecular weight is 530 g/mol. The van der Waals surface area contributed by atoms with E-state index in [4.69, 9.17) is 9.73 Å². The molecule has 2 fully saturated rings. The van der Waals surface area contributed by atoms with Gasteiger partial charge in [0.2, 0.25) is 0 Å². The fourth-order valence-corrected chi connectivity index (χ4v) is 4.40. The van der Waals surface area contributed by atoms with Crippen LogP contribution >= 0.6 is 24.0 Å². The predicted molar refractivity (Wildman–Crippen MR) is 136 cm³/mol. The molecule has 1 atom stereocenters. The van der Waals surface area contributed by atoms with E-state index >= 15 is 0 Å². The van der Waals surface area contributed by atoms with Crippen LogP contribution in [0, 0.1) is 0 Å². The van der Waals surface area contributed by atoms with Crippen LogP contribution in [0.4, 0.5) is 0 Å². The van der Waals surface area contributed by atoms with Crippen LogP contribution in [0.3, 0.4) is 0 Å². The summed E-state index contributed by atoms with van der Waals surface area (Å²) in [6.07, 6.45) is 4.50. The summed E-state index contributed by atoms with van der Waals surface area (Å²) in [7, 11) is 4.34. The molecule has 0 bridgehead atoms. The normalized spacial score (nSPS) is 22.4. The molecule has 30 heavy (non-hydrogen) atoms. The minimum Gasteiger partial charge on any atom is -0.381 e. The molecule has 2 saturated heterocycles. The summed E-state index contributed by atoms with van der Waals surface area (Å²) in [4.78, 5) is 9.91. The van der Waals surface area contributed by atoms with Crippen LogP contribution in [0.2, 0.25) is 0 Å². The Morgan fingerprint density at radius 1 is 1.23 bits per heavy atom. The first kappa shape index (κ1) is 25.4. The Labute approximate surface area is 199 Å². The number of halogens is 1. The molecule has 6 nitrogen and oxygen atoms in total. The summed E-state index contributed by atoms with van der Waals surface area (Å²) >= 11 is 0.